The minimum Gasteiger partial charge on any atom is -0.388 e. The quantitative estimate of drug-likeness (QED) is 0.640. The largest absolute Gasteiger partial charge is 0.388 e. The van der Waals surface area contributed by atoms with Gasteiger partial charge in [0, 0.05) is 18.6 Å². The number of ketones is 1. The van der Waals surface area contributed by atoms with Gasteiger partial charge in [0.15, 0.2) is 0 Å². The molecule has 0 radical (unpaired) electrons. The summed E-state index contributed by atoms with van der Waals surface area (Å²) in [4.78, 5) is 22.5. The molecule has 0 amide bonds. The van der Waals surface area contributed by atoms with E-state index in [1.54, 1.807) is 12.1 Å². The van der Waals surface area contributed by atoms with Crippen LogP contribution in [0.3, 0.4) is 0 Å². The van der Waals surface area contributed by atoms with E-state index in [1.165, 1.54) is 12.1 Å². The zero-order chi connectivity index (χ0) is 16.1. The van der Waals surface area contributed by atoms with Gasteiger partial charge in [-0.05, 0) is 42.9 Å². The van der Waals surface area contributed by atoms with Crippen LogP contribution in [0.15, 0.2) is 24.3 Å². The van der Waals surface area contributed by atoms with E-state index in [2.05, 4.69) is 6.92 Å². The average Bonchev–Trinajstić information content (AvgIpc) is 2.52. The van der Waals surface area contributed by atoms with Crippen LogP contribution >= 0.6 is 0 Å². The molecule has 1 fully saturated rings. The fourth-order valence-electron chi connectivity index (χ4n) is 3.37. The van der Waals surface area contributed by atoms with Crippen LogP contribution < -0.4 is 0 Å². The van der Waals surface area contributed by atoms with Crippen molar-refractivity contribution in [1.82, 2.24) is 0 Å². The lowest BCUT2D eigenvalue weighted by Crippen LogP contribution is -2.33. The molecule has 0 saturated heterocycles. The minimum absolute atomic E-state index is 0.00606. The lowest BCUT2D eigenvalue weighted by atomic mass is 9.72. The van der Waals surface area contributed by atoms with Crippen LogP contribution in [0.4, 0.5) is 5.69 Å². The van der Waals surface area contributed by atoms with Crippen molar-refractivity contribution < 1.29 is 14.8 Å². The normalized spacial score (nSPS) is 23.3. The Hall–Kier alpha value is -1.75. The number of rotatable bonds is 6. The molecule has 0 heterocycles. The van der Waals surface area contributed by atoms with E-state index in [-0.39, 0.29) is 23.3 Å². The van der Waals surface area contributed by atoms with Gasteiger partial charge < -0.3 is 5.11 Å². The monoisotopic (exact) mass is 305 g/mol. The number of aliphatic hydroxyl groups excluding tert-OH is 1. The van der Waals surface area contributed by atoms with Crippen molar-refractivity contribution in [3.63, 3.8) is 0 Å². The Labute approximate surface area is 130 Å². The molecule has 1 aliphatic rings. The molecule has 1 saturated carbocycles. The van der Waals surface area contributed by atoms with Crippen molar-refractivity contribution in [3.05, 3.63) is 39.9 Å². The number of nitrogens with zero attached hydrogens (tertiary/aromatic N) is 1. The number of nitro benzene ring substituents is 1. The molecular weight excluding hydrogens is 282 g/mol. The maximum Gasteiger partial charge on any atom is 0.269 e. The molecule has 3 atom stereocenters. The molecule has 5 nitrogen and oxygen atoms in total. The van der Waals surface area contributed by atoms with Gasteiger partial charge in [-0.3, -0.25) is 14.9 Å². The van der Waals surface area contributed by atoms with Gasteiger partial charge in [-0.1, -0.05) is 19.8 Å². The molecule has 1 aromatic rings. The van der Waals surface area contributed by atoms with Crippen molar-refractivity contribution in [2.24, 2.45) is 11.8 Å². The average molecular weight is 305 g/mol. The number of non-ortho nitro benzene ring substituents is 1. The number of aliphatic hydroxyl groups is 1. The van der Waals surface area contributed by atoms with Gasteiger partial charge in [0.1, 0.15) is 5.78 Å². The molecule has 0 aromatic heterocycles. The molecular formula is C17H23NO4. The van der Waals surface area contributed by atoms with Crippen molar-refractivity contribution >= 4 is 11.5 Å². The Morgan fingerprint density at radius 3 is 2.64 bits per heavy atom. The van der Waals surface area contributed by atoms with Crippen LogP contribution in [0.25, 0.3) is 0 Å². The number of unbranched alkanes of at least 4 members (excludes halogenated alkanes) is 1. The summed E-state index contributed by atoms with van der Waals surface area (Å²) in [6, 6.07) is 5.88. The summed E-state index contributed by atoms with van der Waals surface area (Å²) in [5.74, 6) is -0.0358. The summed E-state index contributed by atoms with van der Waals surface area (Å²) in [6.07, 6.45) is 4.62. The zero-order valence-corrected chi connectivity index (χ0v) is 12.9. The third-order valence-corrected chi connectivity index (χ3v) is 4.59. The maximum atomic E-state index is 12.3. The molecule has 0 aliphatic heterocycles. The van der Waals surface area contributed by atoms with Gasteiger partial charge in [0.2, 0.25) is 0 Å². The first-order valence-electron chi connectivity index (χ1n) is 7.99. The SMILES string of the molecule is CCCCC1CCCC(=O)C1C(O)c1ccc([N+](=O)[O-])cc1. The number of carbonyl (C=O) groups is 1. The molecule has 3 unspecified atom stereocenters. The molecule has 0 spiro atoms. The summed E-state index contributed by atoms with van der Waals surface area (Å²) in [5, 5.41) is 21.3. The van der Waals surface area contributed by atoms with E-state index < -0.39 is 11.0 Å². The van der Waals surface area contributed by atoms with E-state index in [9.17, 15) is 20.0 Å². The first-order valence-corrected chi connectivity index (χ1v) is 7.99. The first kappa shape index (κ1) is 16.6. The molecule has 0 bridgehead atoms. The Balaban J connectivity index is 2.17. The van der Waals surface area contributed by atoms with E-state index >= 15 is 0 Å². The minimum atomic E-state index is -0.865. The van der Waals surface area contributed by atoms with E-state index in [1.807, 2.05) is 0 Å². The molecule has 1 aromatic carbocycles. The van der Waals surface area contributed by atoms with E-state index in [4.69, 9.17) is 0 Å². The maximum absolute atomic E-state index is 12.3. The smallest absolute Gasteiger partial charge is 0.269 e. The molecule has 5 heteroatoms. The van der Waals surface area contributed by atoms with Crippen molar-refractivity contribution in [2.45, 2.75) is 51.6 Å². The Kier molecular flexibility index (Phi) is 5.66. The second-order valence-electron chi connectivity index (χ2n) is 6.08. The number of benzene rings is 1. The van der Waals surface area contributed by atoms with Gasteiger partial charge >= 0.3 is 0 Å². The highest BCUT2D eigenvalue weighted by atomic mass is 16.6. The molecule has 22 heavy (non-hydrogen) atoms. The third-order valence-electron chi connectivity index (χ3n) is 4.59. The Morgan fingerprint density at radius 2 is 2.05 bits per heavy atom. The number of nitro groups is 1. The fourth-order valence-corrected chi connectivity index (χ4v) is 3.37. The molecule has 1 aliphatic carbocycles. The van der Waals surface area contributed by atoms with Crippen molar-refractivity contribution in [1.29, 1.82) is 0 Å². The highest BCUT2D eigenvalue weighted by Crippen LogP contribution is 2.39. The topological polar surface area (TPSA) is 80.4 Å². The highest BCUT2D eigenvalue weighted by Gasteiger charge is 2.37. The number of hydrogen-bond donors (Lipinski definition) is 1. The summed E-state index contributed by atoms with van der Waals surface area (Å²) < 4.78 is 0. The fraction of sp³-hybridized carbons (Fsp3) is 0.588. The Bertz CT molecular complexity index is 526. The van der Waals surface area contributed by atoms with Crippen LogP contribution in [0.5, 0.6) is 0 Å². The number of hydrogen-bond acceptors (Lipinski definition) is 4. The standard InChI is InChI=1S/C17H23NO4/c1-2-3-5-12-6-4-7-15(19)16(12)17(20)13-8-10-14(11-9-13)18(21)22/h8-12,16-17,20H,2-7H2,1H3. The van der Waals surface area contributed by atoms with Crippen LogP contribution in [0.2, 0.25) is 0 Å². The number of carbonyl (C=O) groups excluding carboxylic acids is 1. The van der Waals surface area contributed by atoms with Crippen molar-refractivity contribution in [2.75, 3.05) is 0 Å². The summed E-state index contributed by atoms with van der Waals surface area (Å²) >= 11 is 0. The zero-order valence-electron chi connectivity index (χ0n) is 12.9. The van der Waals surface area contributed by atoms with Gasteiger partial charge in [-0.25, -0.2) is 0 Å². The Morgan fingerprint density at radius 1 is 1.36 bits per heavy atom. The lowest BCUT2D eigenvalue weighted by Gasteiger charge is -2.34. The van der Waals surface area contributed by atoms with Crippen LogP contribution in [0.1, 0.15) is 57.1 Å². The third kappa shape index (κ3) is 3.71. The van der Waals surface area contributed by atoms with Crippen LogP contribution in [-0.4, -0.2) is 15.8 Å². The van der Waals surface area contributed by atoms with Crippen LogP contribution in [-0.2, 0) is 4.79 Å². The lowest BCUT2D eigenvalue weighted by molar-refractivity contribution is -0.384. The van der Waals surface area contributed by atoms with Gasteiger partial charge in [-0.15, -0.1) is 0 Å². The summed E-state index contributed by atoms with van der Waals surface area (Å²) in [5.41, 5.74) is 0.584. The van der Waals surface area contributed by atoms with Gasteiger partial charge in [0.25, 0.3) is 5.69 Å². The number of Topliss-reactive ketones (excluding diaryl/α,β-unsaturated/α-hetero) is 1. The predicted molar refractivity (Wildman–Crippen MR) is 83.4 cm³/mol. The first-order chi connectivity index (χ1) is 10.5. The predicted octanol–water partition coefficient (Wildman–Crippen LogP) is 3.80. The van der Waals surface area contributed by atoms with Crippen LogP contribution in [0, 0.1) is 22.0 Å². The second-order valence-corrected chi connectivity index (χ2v) is 6.08. The van der Waals surface area contributed by atoms with Gasteiger partial charge in [0.05, 0.1) is 16.9 Å². The van der Waals surface area contributed by atoms with Gasteiger partial charge in [-0.2, -0.15) is 0 Å². The van der Waals surface area contributed by atoms with E-state index in [0.717, 1.165) is 32.1 Å². The molecule has 1 N–H and O–H groups in total. The molecule has 2 rings (SSSR count). The highest BCUT2D eigenvalue weighted by molar-refractivity contribution is 5.82. The van der Waals surface area contributed by atoms with E-state index in [0.29, 0.717) is 12.0 Å². The molecule has 120 valence electrons. The summed E-state index contributed by atoms with van der Waals surface area (Å²) in [6.45, 7) is 2.12. The second kappa shape index (κ2) is 7.49. The van der Waals surface area contributed by atoms with Crippen molar-refractivity contribution in [3.8, 4) is 0 Å². The summed E-state index contributed by atoms with van der Waals surface area (Å²) in [7, 11) is 0.